The summed E-state index contributed by atoms with van der Waals surface area (Å²) in [5.74, 6) is 1.60. The van der Waals surface area contributed by atoms with Crippen LogP contribution < -0.4 is 9.47 Å². The topological polar surface area (TPSA) is 21.7 Å². The van der Waals surface area contributed by atoms with Crippen LogP contribution in [0.3, 0.4) is 0 Å². The summed E-state index contributed by atoms with van der Waals surface area (Å²) >= 11 is 0. The first-order valence-electron chi connectivity index (χ1n) is 6.85. The minimum atomic E-state index is 0.0230. The molecule has 0 N–H and O–H groups in total. The molecule has 1 unspecified atom stereocenters. The van der Waals surface area contributed by atoms with E-state index in [1.807, 2.05) is 18.2 Å². The molecular weight excluding hydrogens is 238 g/mol. The van der Waals surface area contributed by atoms with Gasteiger partial charge in [-0.05, 0) is 32.5 Å². The van der Waals surface area contributed by atoms with Gasteiger partial charge in [0.2, 0.25) is 0 Å². The molecular formula is C16H25NO2. The van der Waals surface area contributed by atoms with E-state index in [1.165, 1.54) is 0 Å². The van der Waals surface area contributed by atoms with E-state index in [1.54, 1.807) is 7.11 Å². The van der Waals surface area contributed by atoms with Gasteiger partial charge in [-0.3, -0.25) is 4.90 Å². The van der Waals surface area contributed by atoms with Gasteiger partial charge in [0.1, 0.15) is 6.23 Å². The highest BCUT2D eigenvalue weighted by molar-refractivity contribution is 5.47. The highest BCUT2D eigenvalue weighted by Crippen LogP contribution is 2.32. The first kappa shape index (κ1) is 15.6. The molecule has 0 heterocycles. The van der Waals surface area contributed by atoms with Crippen LogP contribution in [0.1, 0.15) is 26.3 Å². The number of para-hydroxylation sites is 1. The maximum absolute atomic E-state index is 6.12. The molecule has 0 spiro atoms. The molecule has 3 nitrogen and oxygen atoms in total. The zero-order valence-corrected chi connectivity index (χ0v) is 12.5. The fourth-order valence-electron chi connectivity index (χ4n) is 2.15. The summed E-state index contributed by atoms with van der Waals surface area (Å²) in [4.78, 5) is 2.25. The second kappa shape index (κ2) is 7.85. The number of hydrogen-bond donors (Lipinski definition) is 0. The monoisotopic (exact) mass is 263 g/mol. The number of nitrogens with zero attached hydrogens (tertiary/aromatic N) is 1. The summed E-state index contributed by atoms with van der Waals surface area (Å²) in [7, 11) is 1.67. The molecule has 0 saturated carbocycles. The number of methoxy groups -OCH3 is 1. The molecule has 1 aromatic carbocycles. The van der Waals surface area contributed by atoms with E-state index >= 15 is 0 Å². The highest BCUT2D eigenvalue weighted by atomic mass is 16.5. The van der Waals surface area contributed by atoms with Gasteiger partial charge >= 0.3 is 0 Å². The third-order valence-corrected chi connectivity index (χ3v) is 3.26. The molecule has 0 radical (unpaired) electrons. The van der Waals surface area contributed by atoms with Gasteiger partial charge in [0.25, 0.3) is 0 Å². The molecule has 1 rings (SSSR count). The van der Waals surface area contributed by atoms with Crippen molar-refractivity contribution < 1.29 is 9.47 Å². The zero-order chi connectivity index (χ0) is 14.3. The van der Waals surface area contributed by atoms with Gasteiger partial charge in [-0.15, -0.1) is 6.58 Å². The highest BCUT2D eigenvalue weighted by Gasteiger charge is 2.16. The van der Waals surface area contributed by atoms with Gasteiger partial charge in [-0.1, -0.05) is 32.1 Å². The summed E-state index contributed by atoms with van der Waals surface area (Å²) in [6.07, 6.45) is 2.68. The molecule has 0 aliphatic rings. The quantitative estimate of drug-likeness (QED) is 0.529. The Balaban J connectivity index is 2.99. The van der Waals surface area contributed by atoms with Crippen LogP contribution in [0.15, 0.2) is 30.9 Å². The lowest BCUT2D eigenvalue weighted by molar-refractivity contribution is 0.0451. The fraction of sp³-hybridized carbons (Fsp3) is 0.500. The predicted octanol–water partition coefficient (Wildman–Crippen LogP) is 3.49. The van der Waals surface area contributed by atoms with E-state index in [9.17, 15) is 0 Å². The summed E-state index contributed by atoms with van der Waals surface area (Å²) in [6.45, 7) is 12.1. The van der Waals surface area contributed by atoms with Crippen LogP contribution in [0.4, 0.5) is 0 Å². The Labute approximate surface area is 116 Å². The van der Waals surface area contributed by atoms with Crippen molar-refractivity contribution in [2.45, 2.75) is 33.4 Å². The average Bonchev–Trinajstić information content (AvgIpc) is 2.42. The molecule has 106 valence electrons. The van der Waals surface area contributed by atoms with Crippen molar-refractivity contribution in [2.75, 3.05) is 20.2 Å². The molecule has 0 fully saturated rings. The maximum Gasteiger partial charge on any atom is 0.167 e. The van der Waals surface area contributed by atoms with E-state index < -0.39 is 0 Å². The van der Waals surface area contributed by atoms with Crippen molar-refractivity contribution in [3.05, 3.63) is 36.4 Å². The van der Waals surface area contributed by atoms with Crippen molar-refractivity contribution in [1.29, 1.82) is 0 Å². The molecule has 0 saturated heterocycles. The Hall–Kier alpha value is -1.48. The smallest absolute Gasteiger partial charge is 0.167 e. The Kier molecular flexibility index (Phi) is 6.43. The summed E-state index contributed by atoms with van der Waals surface area (Å²) in [5.41, 5.74) is 1.10. The molecule has 0 bridgehead atoms. The molecule has 3 heteroatoms. The second-order valence-corrected chi connectivity index (χ2v) is 4.38. The third-order valence-electron chi connectivity index (χ3n) is 3.26. The van der Waals surface area contributed by atoms with Crippen LogP contribution in [-0.2, 0) is 6.42 Å². The van der Waals surface area contributed by atoms with Crippen molar-refractivity contribution in [3.63, 3.8) is 0 Å². The van der Waals surface area contributed by atoms with Crippen LogP contribution >= 0.6 is 0 Å². The van der Waals surface area contributed by atoms with Crippen molar-refractivity contribution in [2.24, 2.45) is 0 Å². The largest absolute Gasteiger partial charge is 0.493 e. The molecule has 1 atom stereocenters. The fourth-order valence-corrected chi connectivity index (χ4v) is 2.15. The number of rotatable bonds is 8. The number of benzene rings is 1. The van der Waals surface area contributed by atoms with Crippen molar-refractivity contribution >= 4 is 0 Å². The first-order valence-corrected chi connectivity index (χ1v) is 6.85. The number of hydrogen-bond acceptors (Lipinski definition) is 3. The normalized spacial score (nSPS) is 12.3. The predicted molar refractivity (Wildman–Crippen MR) is 79.9 cm³/mol. The lowest BCUT2D eigenvalue weighted by atomic mass is 10.1. The zero-order valence-electron chi connectivity index (χ0n) is 12.5. The van der Waals surface area contributed by atoms with Crippen LogP contribution in [0, 0.1) is 0 Å². The van der Waals surface area contributed by atoms with E-state index in [-0.39, 0.29) is 6.23 Å². The molecule has 19 heavy (non-hydrogen) atoms. The van der Waals surface area contributed by atoms with Crippen LogP contribution in [0.25, 0.3) is 0 Å². The SMILES string of the molecule is C=CCc1cccc(OC)c1OC(C)N(CC)CC. The average molecular weight is 263 g/mol. The lowest BCUT2D eigenvalue weighted by Gasteiger charge is -2.28. The molecule has 0 aromatic heterocycles. The molecule has 0 aliphatic heterocycles. The Morgan fingerprint density at radius 2 is 2.00 bits per heavy atom. The number of ether oxygens (including phenoxy) is 2. The van der Waals surface area contributed by atoms with Crippen molar-refractivity contribution in [1.82, 2.24) is 4.90 Å². The van der Waals surface area contributed by atoms with Gasteiger partial charge in [-0.25, -0.2) is 0 Å². The Morgan fingerprint density at radius 3 is 2.53 bits per heavy atom. The summed E-state index contributed by atoms with van der Waals surface area (Å²) in [5, 5.41) is 0. The summed E-state index contributed by atoms with van der Waals surface area (Å²) < 4.78 is 11.5. The lowest BCUT2D eigenvalue weighted by Crippen LogP contribution is -2.37. The minimum Gasteiger partial charge on any atom is -0.493 e. The Bertz CT molecular complexity index is 400. The van der Waals surface area contributed by atoms with E-state index in [0.29, 0.717) is 0 Å². The molecule has 1 aromatic rings. The summed E-state index contributed by atoms with van der Waals surface area (Å²) in [6, 6.07) is 5.96. The van der Waals surface area contributed by atoms with Gasteiger partial charge < -0.3 is 9.47 Å². The van der Waals surface area contributed by atoms with E-state index in [2.05, 4.69) is 38.3 Å². The minimum absolute atomic E-state index is 0.0230. The standard InChI is InChI=1S/C16H25NO2/c1-6-10-14-11-9-12-15(18-5)16(14)19-13(4)17(7-2)8-3/h6,9,11-13H,1,7-8,10H2,2-5H3. The van der Waals surface area contributed by atoms with Crippen LogP contribution in [0.2, 0.25) is 0 Å². The maximum atomic E-state index is 6.12. The Morgan fingerprint density at radius 1 is 1.32 bits per heavy atom. The molecule has 0 amide bonds. The van der Waals surface area contributed by atoms with Gasteiger partial charge in [0.15, 0.2) is 11.5 Å². The van der Waals surface area contributed by atoms with Gasteiger partial charge in [0, 0.05) is 5.56 Å². The van der Waals surface area contributed by atoms with E-state index in [4.69, 9.17) is 9.47 Å². The first-order chi connectivity index (χ1) is 9.17. The second-order valence-electron chi connectivity index (χ2n) is 4.38. The van der Waals surface area contributed by atoms with Gasteiger partial charge in [0.05, 0.1) is 7.11 Å². The molecule has 0 aliphatic carbocycles. The number of allylic oxidation sites excluding steroid dienone is 1. The van der Waals surface area contributed by atoms with Crippen LogP contribution in [0.5, 0.6) is 11.5 Å². The third kappa shape index (κ3) is 4.00. The van der Waals surface area contributed by atoms with E-state index in [0.717, 1.165) is 36.6 Å². The van der Waals surface area contributed by atoms with Crippen LogP contribution in [-0.4, -0.2) is 31.3 Å². The van der Waals surface area contributed by atoms with Crippen molar-refractivity contribution in [3.8, 4) is 11.5 Å². The van der Waals surface area contributed by atoms with Gasteiger partial charge in [-0.2, -0.15) is 0 Å².